The monoisotopic (exact) mass is 408 g/mol. The van der Waals surface area contributed by atoms with E-state index in [9.17, 15) is 4.79 Å². The molecule has 6 heteroatoms. The Morgan fingerprint density at radius 3 is 2.57 bits per heavy atom. The van der Waals surface area contributed by atoms with Gasteiger partial charge in [-0.3, -0.25) is 9.79 Å². The van der Waals surface area contributed by atoms with Crippen molar-refractivity contribution < 1.29 is 9.53 Å². The van der Waals surface area contributed by atoms with Gasteiger partial charge in [0.15, 0.2) is 5.96 Å². The van der Waals surface area contributed by atoms with Crippen LogP contribution in [-0.4, -0.2) is 42.5 Å². The lowest BCUT2D eigenvalue weighted by atomic mass is 9.90. The van der Waals surface area contributed by atoms with E-state index >= 15 is 0 Å². The summed E-state index contributed by atoms with van der Waals surface area (Å²) in [7, 11) is 1.72. The minimum absolute atomic E-state index is 0.0389. The van der Waals surface area contributed by atoms with Crippen molar-refractivity contribution in [2.75, 3.05) is 20.1 Å². The molecule has 1 heterocycles. The molecule has 2 N–H and O–H groups in total. The molecule has 0 saturated heterocycles. The number of nitrogens with one attached hydrogen (secondary N) is 2. The Kier molecular flexibility index (Phi) is 6.98. The highest BCUT2D eigenvalue weighted by molar-refractivity contribution is 5.86. The molecule has 30 heavy (non-hydrogen) atoms. The molecule has 0 aliphatic carbocycles. The van der Waals surface area contributed by atoms with Crippen LogP contribution in [0.4, 0.5) is 0 Å². The first kappa shape index (κ1) is 21.7. The van der Waals surface area contributed by atoms with E-state index in [0.717, 1.165) is 23.3 Å². The van der Waals surface area contributed by atoms with Gasteiger partial charge in [0, 0.05) is 32.1 Å². The normalized spacial score (nSPS) is 17.5. The summed E-state index contributed by atoms with van der Waals surface area (Å²) in [5, 5.41) is 6.65. The first-order valence-corrected chi connectivity index (χ1v) is 10.5. The zero-order chi connectivity index (χ0) is 21.6. The zero-order valence-electron chi connectivity index (χ0n) is 18.3. The van der Waals surface area contributed by atoms with Gasteiger partial charge in [0.1, 0.15) is 11.4 Å². The number of ether oxygens (including phenoxy) is 1. The molecule has 1 unspecified atom stereocenters. The standard InChI is InChI=1S/C24H32N4O2/c1-5-28(17-18-11-7-6-8-12-18)22(29)16-26-23(25-4)27-20-15-24(2,3)30-21-14-10-9-13-19(20)21/h6-14,20H,5,15-17H2,1-4H3,(H2,25,26,27). The molecule has 160 valence electrons. The molecule has 0 fully saturated rings. The van der Waals surface area contributed by atoms with E-state index in [-0.39, 0.29) is 24.1 Å². The second-order valence-corrected chi connectivity index (χ2v) is 8.12. The number of para-hydroxylation sites is 1. The molecule has 0 spiro atoms. The number of carbonyl (C=O) groups is 1. The molecule has 0 radical (unpaired) electrons. The van der Waals surface area contributed by atoms with E-state index in [1.807, 2.05) is 60.4 Å². The number of benzene rings is 2. The first-order chi connectivity index (χ1) is 14.4. The van der Waals surface area contributed by atoms with E-state index in [1.54, 1.807) is 7.05 Å². The average Bonchev–Trinajstić information content (AvgIpc) is 2.74. The summed E-state index contributed by atoms with van der Waals surface area (Å²) >= 11 is 0. The van der Waals surface area contributed by atoms with Crippen LogP contribution in [0, 0.1) is 0 Å². The van der Waals surface area contributed by atoms with Crippen LogP contribution in [0.2, 0.25) is 0 Å². The summed E-state index contributed by atoms with van der Waals surface area (Å²) in [6.07, 6.45) is 0.799. The van der Waals surface area contributed by atoms with Crippen LogP contribution in [0.3, 0.4) is 0 Å². The fraction of sp³-hybridized carbons (Fsp3) is 0.417. The van der Waals surface area contributed by atoms with Crippen LogP contribution in [0.25, 0.3) is 0 Å². The number of nitrogens with zero attached hydrogens (tertiary/aromatic N) is 2. The van der Waals surface area contributed by atoms with Crippen LogP contribution < -0.4 is 15.4 Å². The molecule has 2 aromatic carbocycles. The molecule has 1 amide bonds. The van der Waals surface area contributed by atoms with Gasteiger partial charge in [0.05, 0.1) is 12.6 Å². The first-order valence-electron chi connectivity index (χ1n) is 10.5. The van der Waals surface area contributed by atoms with Crippen LogP contribution in [0.5, 0.6) is 5.75 Å². The predicted molar refractivity (Wildman–Crippen MR) is 121 cm³/mol. The number of likely N-dealkylation sites (N-methyl/N-ethyl adjacent to an activating group) is 1. The maximum atomic E-state index is 12.8. The Morgan fingerprint density at radius 2 is 1.87 bits per heavy atom. The van der Waals surface area contributed by atoms with Gasteiger partial charge in [-0.25, -0.2) is 0 Å². The fourth-order valence-electron chi connectivity index (χ4n) is 3.74. The lowest BCUT2D eigenvalue weighted by Gasteiger charge is -2.38. The Labute approximate surface area is 179 Å². The SMILES string of the molecule is CCN(Cc1ccccc1)C(=O)CNC(=NC)NC1CC(C)(C)Oc2ccccc21. The number of guanidine groups is 1. The van der Waals surface area contributed by atoms with E-state index in [2.05, 4.69) is 35.5 Å². The van der Waals surface area contributed by atoms with Crippen LogP contribution >= 0.6 is 0 Å². The molecule has 6 nitrogen and oxygen atoms in total. The minimum atomic E-state index is -0.282. The molecule has 0 aromatic heterocycles. The number of hydrogen-bond acceptors (Lipinski definition) is 3. The minimum Gasteiger partial charge on any atom is -0.487 e. The number of carbonyl (C=O) groups excluding carboxylic acids is 1. The molecule has 0 bridgehead atoms. The fourth-order valence-corrected chi connectivity index (χ4v) is 3.74. The molecule has 0 saturated carbocycles. The molecular weight excluding hydrogens is 376 g/mol. The van der Waals surface area contributed by atoms with Crippen molar-refractivity contribution in [1.82, 2.24) is 15.5 Å². The van der Waals surface area contributed by atoms with Gasteiger partial charge >= 0.3 is 0 Å². The molecule has 1 aliphatic heterocycles. The Balaban J connectivity index is 1.61. The molecule has 1 atom stereocenters. The highest BCUT2D eigenvalue weighted by atomic mass is 16.5. The second kappa shape index (κ2) is 9.65. The number of hydrogen-bond donors (Lipinski definition) is 2. The summed E-state index contributed by atoms with van der Waals surface area (Å²) < 4.78 is 6.10. The molecule has 1 aliphatic rings. The average molecular weight is 409 g/mol. The van der Waals surface area contributed by atoms with Gasteiger partial charge in [-0.1, -0.05) is 48.5 Å². The van der Waals surface area contributed by atoms with Gasteiger partial charge in [0.2, 0.25) is 5.91 Å². The highest BCUT2D eigenvalue weighted by Crippen LogP contribution is 2.39. The third-order valence-corrected chi connectivity index (χ3v) is 5.27. The summed E-state index contributed by atoms with van der Waals surface area (Å²) in [4.78, 5) is 18.9. The third-order valence-electron chi connectivity index (χ3n) is 5.27. The summed E-state index contributed by atoms with van der Waals surface area (Å²) in [5.74, 6) is 1.53. The van der Waals surface area contributed by atoms with Crippen molar-refractivity contribution in [1.29, 1.82) is 0 Å². The van der Waals surface area contributed by atoms with Crippen LogP contribution in [0.15, 0.2) is 59.6 Å². The number of aliphatic imine (C=N–C) groups is 1. The van der Waals surface area contributed by atoms with Gasteiger partial charge in [-0.05, 0) is 32.4 Å². The van der Waals surface area contributed by atoms with Gasteiger partial charge in [-0.15, -0.1) is 0 Å². The van der Waals surface area contributed by atoms with Crippen molar-refractivity contribution in [3.8, 4) is 5.75 Å². The van der Waals surface area contributed by atoms with E-state index < -0.39 is 0 Å². The van der Waals surface area contributed by atoms with Crippen molar-refractivity contribution in [2.45, 2.75) is 45.4 Å². The lowest BCUT2D eigenvalue weighted by Crippen LogP contribution is -2.48. The van der Waals surface area contributed by atoms with Crippen molar-refractivity contribution in [3.05, 3.63) is 65.7 Å². The molecular formula is C24H32N4O2. The van der Waals surface area contributed by atoms with Gasteiger partial charge in [-0.2, -0.15) is 0 Å². The number of amides is 1. The van der Waals surface area contributed by atoms with Crippen LogP contribution in [-0.2, 0) is 11.3 Å². The maximum Gasteiger partial charge on any atom is 0.242 e. The predicted octanol–water partition coefficient (Wildman–Crippen LogP) is 3.50. The van der Waals surface area contributed by atoms with Crippen molar-refractivity contribution in [2.24, 2.45) is 4.99 Å². The Morgan fingerprint density at radius 1 is 1.17 bits per heavy atom. The van der Waals surface area contributed by atoms with E-state index in [1.165, 1.54) is 0 Å². The van der Waals surface area contributed by atoms with E-state index in [4.69, 9.17) is 4.74 Å². The third kappa shape index (κ3) is 5.53. The second-order valence-electron chi connectivity index (χ2n) is 8.12. The van der Waals surface area contributed by atoms with E-state index in [0.29, 0.717) is 19.0 Å². The highest BCUT2D eigenvalue weighted by Gasteiger charge is 2.34. The quantitative estimate of drug-likeness (QED) is 0.567. The van der Waals surface area contributed by atoms with Crippen molar-refractivity contribution >= 4 is 11.9 Å². The summed E-state index contributed by atoms with van der Waals surface area (Å²) in [5.41, 5.74) is 1.94. The smallest absolute Gasteiger partial charge is 0.242 e. The summed E-state index contributed by atoms with van der Waals surface area (Å²) in [6.45, 7) is 7.61. The van der Waals surface area contributed by atoms with Crippen LogP contribution in [0.1, 0.15) is 44.4 Å². The van der Waals surface area contributed by atoms with Gasteiger partial charge < -0.3 is 20.3 Å². The Bertz CT molecular complexity index is 880. The largest absolute Gasteiger partial charge is 0.487 e. The van der Waals surface area contributed by atoms with Crippen molar-refractivity contribution in [3.63, 3.8) is 0 Å². The lowest BCUT2D eigenvalue weighted by molar-refractivity contribution is -0.130. The topological polar surface area (TPSA) is 66.0 Å². The number of rotatable bonds is 6. The summed E-state index contributed by atoms with van der Waals surface area (Å²) in [6, 6.07) is 18.1. The van der Waals surface area contributed by atoms with Gasteiger partial charge in [0.25, 0.3) is 0 Å². The maximum absolute atomic E-state index is 12.8. The number of fused-ring (bicyclic) bond motifs is 1. The Hall–Kier alpha value is -3.02. The molecule has 2 aromatic rings. The molecule has 3 rings (SSSR count). The zero-order valence-corrected chi connectivity index (χ0v) is 18.3.